The van der Waals surface area contributed by atoms with E-state index in [1.807, 2.05) is 29.2 Å². The second-order valence-corrected chi connectivity index (χ2v) is 7.60. The first-order valence-corrected chi connectivity index (χ1v) is 10.1. The number of aromatic amines is 1. The van der Waals surface area contributed by atoms with Crippen LogP contribution in [0.4, 0.5) is 5.69 Å². The van der Waals surface area contributed by atoms with Crippen molar-refractivity contribution >= 4 is 40.0 Å². The van der Waals surface area contributed by atoms with Crippen molar-refractivity contribution in [1.29, 1.82) is 0 Å². The molecule has 3 aromatic rings. The lowest BCUT2D eigenvalue weighted by Crippen LogP contribution is -2.50. The number of hydrogen-bond donors (Lipinski definition) is 2. The van der Waals surface area contributed by atoms with Crippen LogP contribution in [-0.4, -0.2) is 59.3 Å². The third-order valence-corrected chi connectivity index (χ3v) is 5.49. The summed E-state index contributed by atoms with van der Waals surface area (Å²) in [7, 11) is 0. The van der Waals surface area contributed by atoms with E-state index in [0.717, 1.165) is 5.39 Å². The van der Waals surface area contributed by atoms with E-state index in [9.17, 15) is 14.4 Å². The van der Waals surface area contributed by atoms with Crippen molar-refractivity contribution in [3.63, 3.8) is 0 Å². The topological polar surface area (TPSA) is 85.5 Å². The van der Waals surface area contributed by atoms with E-state index in [1.54, 1.807) is 29.2 Å². The van der Waals surface area contributed by atoms with E-state index in [0.29, 0.717) is 48.0 Å². The molecule has 0 spiro atoms. The van der Waals surface area contributed by atoms with Crippen molar-refractivity contribution in [2.24, 2.45) is 0 Å². The van der Waals surface area contributed by atoms with Crippen molar-refractivity contribution in [2.75, 3.05) is 38.0 Å². The third-order valence-electron chi connectivity index (χ3n) is 5.16. The van der Waals surface area contributed by atoms with Crippen molar-refractivity contribution in [3.05, 3.63) is 75.5 Å². The Hall–Kier alpha value is -3.16. The number of halogens is 1. The summed E-state index contributed by atoms with van der Waals surface area (Å²) in [6, 6.07) is 15.7. The van der Waals surface area contributed by atoms with Gasteiger partial charge in [-0.2, -0.15) is 0 Å². The molecule has 0 radical (unpaired) electrons. The van der Waals surface area contributed by atoms with Gasteiger partial charge in [0.15, 0.2) is 0 Å². The third kappa shape index (κ3) is 4.37. The zero-order valence-corrected chi connectivity index (χ0v) is 17.0. The smallest absolute Gasteiger partial charge is 0.254 e. The minimum absolute atomic E-state index is 0.150. The van der Waals surface area contributed by atoms with Crippen molar-refractivity contribution in [1.82, 2.24) is 14.8 Å². The number of pyridine rings is 1. The average Bonchev–Trinajstić information content (AvgIpc) is 2.75. The zero-order valence-electron chi connectivity index (χ0n) is 16.2. The predicted molar refractivity (Wildman–Crippen MR) is 117 cm³/mol. The van der Waals surface area contributed by atoms with Gasteiger partial charge in [0.05, 0.1) is 22.8 Å². The van der Waals surface area contributed by atoms with Gasteiger partial charge >= 0.3 is 0 Å². The maximum atomic E-state index is 13.0. The lowest BCUT2D eigenvalue weighted by Gasteiger charge is -2.34. The van der Waals surface area contributed by atoms with Crippen molar-refractivity contribution in [2.45, 2.75) is 0 Å². The number of benzene rings is 2. The van der Waals surface area contributed by atoms with Gasteiger partial charge in [-0.1, -0.05) is 41.9 Å². The van der Waals surface area contributed by atoms with E-state index in [1.165, 1.54) is 6.07 Å². The van der Waals surface area contributed by atoms with Gasteiger partial charge in [0, 0.05) is 43.1 Å². The molecular formula is C22H21ClN4O3. The van der Waals surface area contributed by atoms with Crippen molar-refractivity contribution in [3.8, 4) is 0 Å². The minimum atomic E-state index is -0.299. The van der Waals surface area contributed by atoms with Crippen LogP contribution in [-0.2, 0) is 4.79 Å². The molecule has 154 valence electrons. The number of hydrogen-bond acceptors (Lipinski definition) is 4. The average molecular weight is 425 g/mol. The number of rotatable bonds is 4. The highest BCUT2D eigenvalue weighted by Crippen LogP contribution is 2.21. The normalized spacial score (nSPS) is 14.6. The molecule has 0 unspecified atom stereocenters. The molecule has 7 nitrogen and oxygen atoms in total. The Morgan fingerprint density at radius 2 is 1.70 bits per heavy atom. The number of H-pyrrole nitrogens is 1. The molecular weight excluding hydrogens is 404 g/mol. The Labute approximate surface area is 178 Å². The second-order valence-electron chi connectivity index (χ2n) is 7.19. The molecule has 1 saturated heterocycles. The van der Waals surface area contributed by atoms with E-state index in [-0.39, 0.29) is 23.9 Å². The first-order chi connectivity index (χ1) is 14.5. The molecule has 0 bridgehead atoms. The highest BCUT2D eigenvalue weighted by molar-refractivity contribution is 6.33. The van der Waals surface area contributed by atoms with Gasteiger partial charge in [-0.05, 0) is 18.2 Å². The highest BCUT2D eigenvalue weighted by Gasteiger charge is 2.25. The summed E-state index contributed by atoms with van der Waals surface area (Å²) in [5.41, 5.74) is 1.33. The number of anilines is 1. The Balaban J connectivity index is 1.38. The number of carbonyl (C=O) groups is 2. The predicted octanol–water partition coefficient (Wildman–Crippen LogP) is 2.58. The summed E-state index contributed by atoms with van der Waals surface area (Å²) < 4.78 is 0. The number of aromatic nitrogens is 1. The summed E-state index contributed by atoms with van der Waals surface area (Å²) in [5, 5.41) is 4.03. The molecule has 2 heterocycles. The summed E-state index contributed by atoms with van der Waals surface area (Å²) >= 11 is 6.08. The summed E-state index contributed by atoms with van der Waals surface area (Å²) in [4.78, 5) is 43.8. The molecule has 1 fully saturated rings. The Kier molecular flexibility index (Phi) is 5.83. The van der Waals surface area contributed by atoms with Crippen LogP contribution >= 0.6 is 11.6 Å². The van der Waals surface area contributed by atoms with Crippen LogP contribution in [0.5, 0.6) is 0 Å². The lowest BCUT2D eigenvalue weighted by molar-refractivity contribution is -0.117. The van der Waals surface area contributed by atoms with Crippen LogP contribution in [0.25, 0.3) is 10.9 Å². The largest absolute Gasteiger partial charge is 0.336 e. The Bertz CT molecular complexity index is 1150. The molecule has 2 N–H and O–H groups in total. The summed E-state index contributed by atoms with van der Waals surface area (Å²) in [6.07, 6.45) is 0. The van der Waals surface area contributed by atoms with Crippen LogP contribution in [0.2, 0.25) is 5.02 Å². The minimum Gasteiger partial charge on any atom is -0.336 e. The lowest BCUT2D eigenvalue weighted by atomic mass is 10.1. The van der Waals surface area contributed by atoms with E-state index < -0.39 is 0 Å². The van der Waals surface area contributed by atoms with Gasteiger partial charge < -0.3 is 15.2 Å². The first-order valence-electron chi connectivity index (χ1n) is 9.69. The zero-order chi connectivity index (χ0) is 21.1. The van der Waals surface area contributed by atoms with Gasteiger partial charge in [0.2, 0.25) is 11.5 Å². The quantitative estimate of drug-likeness (QED) is 0.674. The molecule has 2 amide bonds. The van der Waals surface area contributed by atoms with Crippen LogP contribution in [0.3, 0.4) is 0 Å². The first kappa shape index (κ1) is 20.1. The molecule has 0 aliphatic carbocycles. The number of para-hydroxylation sites is 2. The van der Waals surface area contributed by atoms with Crippen LogP contribution < -0.4 is 10.9 Å². The number of nitrogens with one attached hydrogen (secondary N) is 2. The molecule has 0 atom stereocenters. The molecule has 4 rings (SSSR count). The van der Waals surface area contributed by atoms with E-state index >= 15 is 0 Å². The fourth-order valence-electron chi connectivity index (χ4n) is 3.62. The number of fused-ring (bicyclic) bond motifs is 1. The molecule has 30 heavy (non-hydrogen) atoms. The van der Waals surface area contributed by atoms with Gasteiger partial charge in [0.25, 0.3) is 5.91 Å². The van der Waals surface area contributed by atoms with E-state index in [2.05, 4.69) is 10.3 Å². The summed E-state index contributed by atoms with van der Waals surface area (Å²) in [6.45, 7) is 2.34. The maximum absolute atomic E-state index is 13.0. The Morgan fingerprint density at radius 3 is 2.47 bits per heavy atom. The van der Waals surface area contributed by atoms with Gasteiger partial charge in [-0.15, -0.1) is 0 Å². The standard InChI is InChI=1S/C22H21ClN4O3/c23-17-6-2-4-8-19(17)25-21(29)14-26-9-11-27(12-10-26)22(30)16-13-20(28)24-18-7-3-1-5-15(16)18/h1-8,13H,9-12,14H2,(H,24,28)(H,25,29). The number of nitrogens with zero attached hydrogens (tertiary/aromatic N) is 2. The van der Waals surface area contributed by atoms with Crippen LogP contribution in [0, 0.1) is 0 Å². The molecule has 1 aliphatic heterocycles. The van der Waals surface area contributed by atoms with Crippen LogP contribution in [0.1, 0.15) is 10.4 Å². The number of piperazine rings is 1. The second kappa shape index (κ2) is 8.69. The SMILES string of the molecule is O=C(CN1CCN(C(=O)c2cc(=O)[nH]c3ccccc23)CC1)Nc1ccccc1Cl. The highest BCUT2D eigenvalue weighted by atomic mass is 35.5. The molecule has 0 saturated carbocycles. The Morgan fingerprint density at radius 1 is 1.00 bits per heavy atom. The molecule has 1 aromatic heterocycles. The van der Waals surface area contributed by atoms with Crippen molar-refractivity contribution < 1.29 is 9.59 Å². The maximum Gasteiger partial charge on any atom is 0.254 e. The fraction of sp³-hybridized carbons (Fsp3) is 0.227. The monoisotopic (exact) mass is 424 g/mol. The molecule has 1 aliphatic rings. The van der Waals surface area contributed by atoms with Gasteiger partial charge in [0.1, 0.15) is 0 Å². The van der Waals surface area contributed by atoms with Gasteiger partial charge in [-0.25, -0.2) is 0 Å². The van der Waals surface area contributed by atoms with Crippen LogP contribution in [0.15, 0.2) is 59.4 Å². The van der Waals surface area contributed by atoms with Gasteiger partial charge in [-0.3, -0.25) is 19.3 Å². The molecule has 8 heteroatoms. The number of carbonyl (C=O) groups excluding carboxylic acids is 2. The van der Waals surface area contributed by atoms with E-state index in [4.69, 9.17) is 11.6 Å². The fourth-order valence-corrected chi connectivity index (χ4v) is 3.80. The number of amides is 2. The summed E-state index contributed by atoms with van der Waals surface area (Å²) in [5.74, 6) is -0.319. The molecule has 2 aromatic carbocycles.